The number of ether oxygens (including phenoxy) is 1. The van der Waals surface area contributed by atoms with Crippen LogP contribution in [0.2, 0.25) is 0 Å². The maximum absolute atomic E-state index is 5.83. The molecule has 0 unspecified atom stereocenters. The lowest BCUT2D eigenvalue weighted by atomic mass is 10.2. The Balaban J connectivity index is 1.99. The Morgan fingerprint density at radius 1 is 1.40 bits per heavy atom. The van der Waals surface area contributed by atoms with Gasteiger partial charge in [0.05, 0.1) is 9.88 Å². The van der Waals surface area contributed by atoms with E-state index in [1.165, 1.54) is 5.56 Å². The molecule has 2 aromatic rings. The van der Waals surface area contributed by atoms with Gasteiger partial charge in [-0.3, -0.25) is 0 Å². The fourth-order valence-electron chi connectivity index (χ4n) is 1.72. The van der Waals surface area contributed by atoms with E-state index in [0.717, 1.165) is 26.7 Å². The first kappa shape index (κ1) is 15.5. The minimum atomic E-state index is 0.464. The number of thiazole rings is 1. The predicted octanol–water partition coefficient (Wildman–Crippen LogP) is 4.29. The van der Waals surface area contributed by atoms with Gasteiger partial charge in [0.25, 0.3) is 0 Å². The fraction of sp³-hybridized carbons (Fsp3) is 0.400. The summed E-state index contributed by atoms with van der Waals surface area (Å²) in [6, 6.07) is 6.56. The van der Waals surface area contributed by atoms with Crippen molar-refractivity contribution in [1.82, 2.24) is 10.3 Å². The molecule has 1 heterocycles. The molecular formula is C15H19BrN2OS. The number of halogens is 1. The summed E-state index contributed by atoms with van der Waals surface area (Å²) in [5, 5.41) is 4.48. The summed E-state index contributed by atoms with van der Waals surface area (Å²) >= 11 is 5.25. The fourth-order valence-corrected chi connectivity index (χ4v) is 2.81. The summed E-state index contributed by atoms with van der Waals surface area (Å²) in [4.78, 5) is 5.38. The molecule has 2 rings (SSSR count). The molecule has 0 saturated carbocycles. The van der Waals surface area contributed by atoms with Crippen molar-refractivity contribution in [1.29, 1.82) is 0 Å². The van der Waals surface area contributed by atoms with Crippen molar-refractivity contribution in [2.75, 3.05) is 0 Å². The topological polar surface area (TPSA) is 34.1 Å². The molecule has 1 aromatic heterocycles. The smallest absolute Gasteiger partial charge is 0.124 e. The molecular weight excluding hydrogens is 336 g/mol. The number of hydrogen-bond donors (Lipinski definition) is 1. The highest BCUT2D eigenvalue weighted by atomic mass is 79.9. The van der Waals surface area contributed by atoms with Crippen LogP contribution >= 0.6 is 27.3 Å². The Hall–Kier alpha value is -0.910. The lowest BCUT2D eigenvalue weighted by Gasteiger charge is -2.12. The molecule has 0 radical (unpaired) electrons. The van der Waals surface area contributed by atoms with E-state index in [1.807, 2.05) is 25.3 Å². The zero-order valence-corrected chi connectivity index (χ0v) is 14.3. The third-order valence-electron chi connectivity index (χ3n) is 2.77. The zero-order valence-electron chi connectivity index (χ0n) is 11.9. The van der Waals surface area contributed by atoms with Gasteiger partial charge in [-0.1, -0.05) is 29.8 Å². The molecule has 1 aromatic carbocycles. The summed E-state index contributed by atoms with van der Waals surface area (Å²) in [5.74, 6) is 0.889. The van der Waals surface area contributed by atoms with E-state index in [2.05, 4.69) is 46.1 Å². The van der Waals surface area contributed by atoms with Crippen LogP contribution in [-0.2, 0) is 13.2 Å². The zero-order chi connectivity index (χ0) is 14.5. The van der Waals surface area contributed by atoms with E-state index < -0.39 is 0 Å². The Labute approximate surface area is 132 Å². The first-order valence-electron chi connectivity index (χ1n) is 6.60. The Morgan fingerprint density at radius 3 is 2.85 bits per heavy atom. The number of aryl methyl sites for hydroxylation is 1. The quantitative estimate of drug-likeness (QED) is 0.839. The summed E-state index contributed by atoms with van der Waals surface area (Å²) in [5.41, 5.74) is 1.21. The average Bonchev–Trinajstić information content (AvgIpc) is 2.82. The van der Waals surface area contributed by atoms with Crippen LogP contribution in [0.1, 0.15) is 29.3 Å². The van der Waals surface area contributed by atoms with E-state index >= 15 is 0 Å². The van der Waals surface area contributed by atoms with Crippen molar-refractivity contribution in [2.24, 2.45) is 0 Å². The summed E-state index contributed by atoms with van der Waals surface area (Å²) in [7, 11) is 0. The van der Waals surface area contributed by atoms with E-state index in [0.29, 0.717) is 12.6 Å². The Kier molecular flexibility index (Phi) is 5.57. The second-order valence-corrected chi connectivity index (χ2v) is 7.10. The van der Waals surface area contributed by atoms with Gasteiger partial charge >= 0.3 is 0 Å². The number of benzene rings is 1. The molecule has 0 fully saturated rings. The van der Waals surface area contributed by atoms with E-state index in [-0.39, 0.29) is 0 Å². The van der Waals surface area contributed by atoms with Gasteiger partial charge in [-0.2, -0.15) is 0 Å². The SMILES string of the molecule is Cc1ncc(COc2ccc(Br)c(CNC(C)C)c2)s1. The van der Waals surface area contributed by atoms with Crippen LogP contribution in [0.5, 0.6) is 5.75 Å². The molecule has 1 N–H and O–H groups in total. The summed E-state index contributed by atoms with van der Waals surface area (Å²) in [6.45, 7) is 7.68. The minimum absolute atomic E-state index is 0.464. The largest absolute Gasteiger partial charge is 0.488 e. The van der Waals surface area contributed by atoms with Gasteiger partial charge in [0, 0.05) is 23.3 Å². The van der Waals surface area contributed by atoms with Crippen molar-refractivity contribution >= 4 is 27.3 Å². The van der Waals surface area contributed by atoms with E-state index in [1.54, 1.807) is 11.3 Å². The second kappa shape index (κ2) is 7.20. The highest BCUT2D eigenvalue weighted by Crippen LogP contribution is 2.24. The predicted molar refractivity (Wildman–Crippen MR) is 87.3 cm³/mol. The van der Waals surface area contributed by atoms with E-state index in [4.69, 9.17) is 4.74 Å². The first-order chi connectivity index (χ1) is 9.54. The third kappa shape index (κ3) is 4.58. The second-order valence-electron chi connectivity index (χ2n) is 4.92. The number of nitrogens with zero attached hydrogens (tertiary/aromatic N) is 1. The number of rotatable bonds is 6. The molecule has 0 aliphatic carbocycles. The van der Waals surface area contributed by atoms with Crippen molar-refractivity contribution in [3.8, 4) is 5.75 Å². The van der Waals surface area contributed by atoms with Crippen molar-refractivity contribution in [2.45, 2.75) is 40.0 Å². The van der Waals surface area contributed by atoms with Crippen LogP contribution in [0.4, 0.5) is 0 Å². The molecule has 0 atom stereocenters. The molecule has 20 heavy (non-hydrogen) atoms. The summed E-state index contributed by atoms with van der Waals surface area (Å²) < 4.78 is 6.93. The molecule has 0 bridgehead atoms. The Bertz CT molecular complexity index is 569. The molecule has 108 valence electrons. The molecule has 5 heteroatoms. The molecule has 0 spiro atoms. The summed E-state index contributed by atoms with van der Waals surface area (Å²) in [6.07, 6.45) is 1.88. The maximum atomic E-state index is 5.83. The maximum Gasteiger partial charge on any atom is 0.124 e. The van der Waals surface area contributed by atoms with Gasteiger partial charge in [0.1, 0.15) is 12.4 Å². The van der Waals surface area contributed by atoms with Crippen molar-refractivity contribution < 1.29 is 4.74 Å². The van der Waals surface area contributed by atoms with E-state index in [9.17, 15) is 0 Å². The standard InChI is InChI=1S/C15H19BrN2OS/c1-10(2)17-7-12-6-13(4-5-15(12)16)19-9-14-8-18-11(3)20-14/h4-6,8,10,17H,7,9H2,1-3H3. The highest BCUT2D eigenvalue weighted by Gasteiger charge is 2.05. The lowest BCUT2D eigenvalue weighted by Crippen LogP contribution is -2.22. The van der Waals surface area contributed by atoms with Crippen LogP contribution in [0.25, 0.3) is 0 Å². The van der Waals surface area contributed by atoms with Crippen LogP contribution < -0.4 is 10.1 Å². The molecule has 0 amide bonds. The van der Waals surface area contributed by atoms with Crippen LogP contribution in [-0.4, -0.2) is 11.0 Å². The Morgan fingerprint density at radius 2 is 2.20 bits per heavy atom. The third-order valence-corrected chi connectivity index (χ3v) is 4.43. The number of hydrogen-bond acceptors (Lipinski definition) is 4. The normalized spacial score (nSPS) is 11.1. The lowest BCUT2D eigenvalue weighted by molar-refractivity contribution is 0.309. The highest BCUT2D eigenvalue weighted by molar-refractivity contribution is 9.10. The number of nitrogens with one attached hydrogen (secondary N) is 1. The van der Waals surface area contributed by atoms with Gasteiger partial charge in [0.15, 0.2) is 0 Å². The molecule has 0 aliphatic rings. The van der Waals surface area contributed by atoms with Crippen molar-refractivity contribution in [3.63, 3.8) is 0 Å². The van der Waals surface area contributed by atoms with Gasteiger partial charge in [0.2, 0.25) is 0 Å². The van der Waals surface area contributed by atoms with Gasteiger partial charge in [-0.15, -0.1) is 11.3 Å². The van der Waals surface area contributed by atoms with Crippen LogP contribution in [0.3, 0.4) is 0 Å². The number of aromatic nitrogens is 1. The van der Waals surface area contributed by atoms with Gasteiger partial charge in [-0.25, -0.2) is 4.98 Å². The average molecular weight is 355 g/mol. The monoisotopic (exact) mass is 354 g/mol. The van der Waals surface area contributed by atoms with Crippen LogP contribution in [0.15, 0.2) is 28.9 Å². The van der Waals surface area contributed by atoms with Gasteiger partial charge in [-0.05, 0) is 30.7 Å². The molecule has 3 nitrogen and oxygen atoms in total. The molecule has 0 saturated heterocycles. The first-order valence-corrected chi connectivity index (χ1v) is 8.21. The minimum Gasteiger partial charge on any atom is -0.488 e. The van der Waals surface area contributed by atoms with Crippen LogP contribution in [0, 0.1) is 6.92 Å². The van der Waals surface area contributed by atoms with Crippen molar-refractivity contribution in [3.05, 3.63) is 44.3 Å². The van der Waals surface area contributed by atoms with Gasteiger partial charge < -0.3 is 10.1 Å². The molecule has 0 aliphatic heterocycles.